The number of rotatable bonds is 18. The van der Waals surface area contributed by atoms with E-state index in [1.807, 2.05) is 95.2 Å². The lowest BCUT2D eigenvalue weighted by molar-refractivity contribution is -0.137. The van der Waals surface area contributed by atoms with Crippen molar-refractivity contribution in [1.82, 2.24) is 53.2 Å². The molecule has 2 aromatic rings. The van der Waals surface area contributed by atoms with Gasteiger partial charge >= 0.3 is 0 Å². The van der Waals surface area contributed by atoms with Gasteiger partial charge in [-0.1, -0.05) is 171 Å². The highest BCUT2D eigenvalue weighted by atomic mass is 16.2. The summed E-state index contributed by atoms with van der Waals surface area (Å²) in [6.07, 6.45) is 0.827. The second kappa shape index (κ2) is 34.8. The van der Waals surface area contributed by atoms with Crippen molar-refractivity contribution in [2.24, 2.45) is 47.3 Å². The van der Waals surface area contributed by atoms with Crippen LogP contribution in [0.1, 0.15) is 160 Å². The first-order valence-corrected chi connectivity index (χ1v) is 30.5. The van der Waals surface area contributed by atoms with E-state index in [0.717, 1.165) is 0 Å². The van der Waals surface area contributed by atoms with Crippen LogP contribution in [0, 0.1) is 47.3 Å². The van der Waals surface area contributed by atoms with Crippen molar-refractivity contribution in [2.75, 3.05) is 0 Å². The third-order valence-corrected chi connectivity index (χ3v) is 14.4. The van der Waals surface area contributed by atoms with Crippen LogP contribution in [0.4, 0.5) is 0 Å². The number of benzene rings is 2. The van der Waals surface area contributed by atoms with Crippen molar-refractivity contribution >= 4 is 59.1 Å². The van der Waals surface area contributed by atoms with Gasteiger partial charge < -0.3 is 53.2 Å². The zero-order chi connectivity index (χ0) is 63.1. The number of hydrogen-bond acceptors (Lipinski definition) is 10. The summed E-state index contributed by atoms with van der Waals surface area (Å²) in [4.78, 5) is 146. The molecule has 2 aromatic carbocycles. The zero-order valence-corrected chi connectivity index (χ0v) is 52.9. The highest BCUT2D eigenvalue weighted by molar-refractivity contribution is 5.99. The molecule has 1 aliphatic rings. The predicted molar refractivity (Wildman–Crippen MR) is 326 cm³/mol. The average Bonchev–Trinajstić information content (AvgIpc) is 3.36. The minimum Gasteiger partial charge on any atom is -0.343 e. The van der Waals surface area contributed by atoms with Gasteiger partial charge in [-0.25, -0.2) is 0 Å². The lowest BCUT2D eigenvalue weighted by Crippen LogP contribution is -2.62. The Labute approximate surface area is 500 Å². The lowest BCUT2D eigenvalue weighted by Gasteiger charge is -2.31. The Balaban J connectivity index is 2.29. The van der Waals surface area contributed by atoms with E-state index >= 15 is 0 Å². The van der Waals surface area contributed by atoms with E-state index in [1.165, 1.54) is 0 Å². The number of amides is 10. The maximum Gasteiger partial charge on any atom is 0.243 e. The Morgan fingerprint density at radius 1 is 0.250 bits per heavy atom. The first-order valence-electron chi connectivity index (χ1n) is 30.5. The van der Waals surface area contributed by atoms with Gasteiger partial charge in [-0.15, -0.1) is 0 Å². The Hall–Kier alpha value is -6.86. The Bertz CT molecular complexity index is 2310. The number of carbonyl (C=O) groups is 10. The molecule has 0 aromatic heterocycles. The highest BCUT2D eigenvalue weighted by Crippen LogP contribution is 2.17. The summed E-state index contributed by atoms with van der Waals surface area (Å²) in [6.45, 7) is 29.4. The molecule has 0 spiro atoms. The van der Waals surface area contributed by atoms with Crippen LogP contribution < -0.4 is 53.2 Å². The molecule has 0 saturated carbocycles. The van der Waals surface area contributed by atoms with E-state index in [2.05, 4.69) is 53.2 Å². The van der Waals surface area contributed by atoms with E-state index < -0.39 is 131 Å². The van der Waals surface area contributed by atoms with Crippen molar-refractivity contribution in [3.05, 3.63) is 71.8 Å². The van der Waals surface area contributed by atoms with Crippen LogP contribution in [0.15, 0.2) is 60.7 Å². The molecule has 0 bridgehead atoms. The number of carbonyl (C=O) groups excluding carboxylic acids is 10. The molecule has 10 atom stereocenters. The van der Waals surface area contributed by atoms with Crippen LogP contribution in [0.2, 0.25) is 0 Å². The topological polar surface area (TPSA) is 291 Å². The van der Waals surface area contributed by atoms with Gasteiger partial charge in [0, 0.05) is 12.8 Å². The third kappa shape index (κ3) is 24.8. The summed E-state index contributed by atoms with van der Waals surface area (Å²) in [7, 11) is 0. The Morgan fingerprint density at radius 3 is 0.631 bits per heavy atom. The van der Waals surface area contributed by atoms with E-state index in [-0.39, 0.29) is 86.9 Å². The largest absolute Gasteiger partial charge is 0.343 e. The summed E-state index contributed by atoms with van der Waals surface area (Å²) in [5.74, 6) is -8.73. The summed E-state index contributed by atoms with van der Waals surface area (Å²) in [5.41, 5.74) is 1.38. The molecule has 0 unspecified atom stereocenters. The van der Waals surface area contributed by atoms with Crippen LogP contribution in [-0.4, -0.2) is 119 Å². The van der Waals surface area contributed by atoms with Gasteiger partial charge in [0.1, 0.15) is 60.4 Å². The second-order valence-electron chi connectivity index (χ2n) is 26.1. The van der Waals surface area contributed by atoms with Gasteiger partial charge in [0.15, 0.2) is 0 Å². The van der Waals surface area contributed by atoms with Crippen LogP contribution in [0.25, 0.3) is 0 Å². The molecule has 84 heavy (non-hydrogen) atoms. The van der Waals surface area contributed by atoms with Crippen LogP contribution in [0.5, 0.6) is 0 Å². The van der Waals surface area contributed by atoms with Crippen molar-refractivity contribution < 1.29 is 47.9 Å². The smallest absolute Gasteiger partial charge is 0.243 e. The van der Waals surface area contributed by atoms with Crippen LogP contribution in [-0.2, 0) is 60.8 Å². The molecule has 20 heteroatoms. The molecule has 10 amide bonds. The first kappa shape index (κ1) is 71.4. The van der Waals surface area contributed by atoms with E-state index in [1.54, 1.807) is 76.2 Å². The van der Waals surface area contributed by atoms with Gasteiger partial charge in [0.05, 0.1) is 0 Å². The third-order valence-electron chi connectivity index (χ3n) is 14.4. The zero-order valence-electron chi connectivity index (χ0n) is 52.9. The summed E-state index contributed by atoms with van der Waals surface area (Å²) in [5, 5.41) is 28.6. The minimum atomic E-state index is -1.27. The van der Waals surface area contributed by atoms with Gasteiger partial charge in [0.25, 0.3) is 0 Å². The van der Waals surface area contributed by atoms with Gasteiger partial charge in [-0.05, 0) is 97.0 Å². The fraction of sp³-hybridized carbons (Fsp3) is 0.656. The molecule has 1 aliphatic heterocycles. The van der Waals surface area contributed by atoms with E-state index in [0.29, 0.717) is 11.1 Å². The standard InChI is InChI=1S/C64H102N10O10/c1-35(2)27-45-55(75)67-49(31-39(9)10)61(81)73-53(41(13)14)63(83)72-48(30-38(7)8)58(78)70-52(34-44-25-21-18-22-26-44)60(80)66-46(28-36(3)4)56(76)68-50(32-40(11)12)62(82)74-54(42(15)16)64(84)71-47(29-37(5)6)57(77)69-51(59(79)65-45)33-43-23-19-17-20-24-43/h17-26,35-42,45-54H,27-34H2,1-16H3,(H,65,79)(H,66,80)(H,67,75)(H,68,76)(H,69,77)(H,70,78)(H,71,84)(H,72,83)(H,73,81)(H,74,82)/t45-,46-,47+,48+,49-,50+,51+,52-,53+,54+/m0/s1. The Morgan fingerprint density at radius 2 is 0.429 bits per heavy atom. The molecular weight excluding hydrogens is 1070 g/mol. The number of hydrogen-bond donors (Lipinski definition) is 10. The second-order valence-corrected chi connectivity index (χ2v) is 26.1. The summed E-state index contributed by atoms with van der Waals surface area (Å²) in [6, 6.07) is 5.81. The maximum absolute atomic E-state index is 14.7. The predicted octanol–water partition coefficient (Wildman–Crippen LogP) is 4.92. The monoisotopic (exact) mass is 1170 g/mol. The molecule has 1 saturated heterocycles. The molecule has 1 heterocycles. The molecule has 0 radical (unpaired) electrons. The molecule has 1 fully saturated rings. The molecule has 0 aliphatic carbocycles. The summed E-state index contributed by atoms with van der Waals surface area (Å²) < 4.78 is 0. The first-order chi connectivity index (χ1) is 39.3. The van der Waals surface area contributed by atoms with Gasteiger partial charge in [0.2, 0.25) is 59.1 Å². The van der Waals surface area contributed by atoms with Crippen molar-refractivity contribution in [3.63, 3.8) is 0 Å². The fourth-order valence-electron chi connectivity index (χ4n) is 10.1. The average molecular weight is 1170 g/mol. The van der Waals surface area contributed by atoms with Crippen LogP contribution >= 0.6 is 0 Å². The van der Waals surface area contributed by atoms with Crippen molar-refractivity contribution in [1.29, 1.82) is 0 Å². The Kier molecular flexibility index (Phi) is 29.6. The quantitative estimate of drug-likeness (QED) is 0.0961. The molecule has 20 nitrogen and oxygen atoms in total. The highest BCUT2D eigenvalue weighted by Gasteiger charge is 2.39. The minimum absolute atomic E-state index is 0.00287. The maximum atomic E-state index is 14.7. The van der Waals surface area contributed by atoms with E-state index in [4.69, 9.17) is 0 Å². The van der Waals surface area contributed by atoms with Gasteiger partial charge in [-0.2, -0.15) is 0 Å². The summed E-state index contributed by atoms with van der Waals surface area (Å²) >= 11 is 0. The number of nitrogens with one attached hydrogen (secondary N) is 10. The lowest BCUT2D eigenvalue weighted by atomic mass is 9.96. The molecular formula is C64H102N10O10. The van der Waals surface area contributed by atoms with Gasteiger partial charge in [-0.3, -0.25) is 47.9 Å². The fourth-order valence-corrected chi connectivity index (χ4v) is 10.1. The molecule has 10 N–H and O–H groups in total. The van der Waals surface area contributed by atoms with Crippen molar-refractivity contribution in [2.45, 2.75) is 223 Å². The van der Waals surface area contributed by atoms with Crippen LogP contribution in [0.3, 0.4) is 0 Å². The normalized spacial score (nSPS) is 25.0. The molecule has 3 rings (SSSR count). The van der Waals surface area contributed by atoms with E-state index in [9.17, 15) is 47.9 Å². The SMILES string of the molecule is CC(C)C[C@@H]1NC(=O)[C@H](Cc2ccccc2)NC(=O)[C@@H](CC(C)C)NC(=O)[C@@H](C(C)C)NC(=O)[C@H](CC(C)C)NC(=O)[C@H](CC(C)C)NC(=O)[C@@H](Cc2ccccc2)NC(=O)[C@@H](CC(C)C)NC(=O)[C@@H](C(C)C)NC(=O)[C@@H](CC(C)C)NC1=O. The molecule has 468 valence electrons. The van der Waals surface area contributed by atoms with Crippen molar-refractivity contribution in [3.8, 4) is 0 Å².